The number of nitrogens with zero attached hydrogens (tertiary/aromatic N) is 7. The monoisotopic (exact) mass is 475 g/mol. The van der Waals surface area contributed by atoms with Crippen LogP contribution >= 0.6 is 0 Å². The van der Waals surface area contributed by atoms with Gasteiger partial charge in [0.1, 0.15) is 11.5 Å². The first-order valence-electron chi connectivity index (χ1n) is 11.4. The van der Waals surface area contributed by atoms with Crippen LogP contribution in [-0.2, 0) is 6.54 Å². The summed E-state index contributed by atoms with van der Waals surface area (Å²) in [5.41, 5.74) is 3.97. The van der Waals surface area contributed by atoms with Gasteiger partial charge in [-0.3, -0.25) is 9.67 Å². The first-order chi connectivity index (χ1) is 17.0. The number of aryl methyl sites for hydroxylation is 2. The second-order valence-electron chi connectivity index (χ2n) is 7.97. The minimum atomic E-state index is 0.112. The van der Waals surface area contributed by atoms with Crippen LogP contribution in [0.3, 0.4) is 0 Å². The summed E-state index contributed by atoms with van der Waals surface area (Å²) in [5, 5.41) is 13.4. The molecule has 0 radical (unpaired) electrons. The number of pyridine rings is 2. The van der Waals surface area contributed by atoms with Crippen LogP contribution in [0.1, 0.15) is 19.0 Å². The molecule has 0 bridgehead atoms. The molecule has 4 aromatic rings. The van der Waals surface area contributed by atoms with Crippen molar-refractivity contribution >= 4 is 5.95 Å². The zero-order valence-electron chi connectivity index (χ0n) is 20.3. The smallest absolute Gasteiger partial charge is 0.228 e. The molecule has 0 amide bonds. The van der Waals surface area contributed by atoms with Gasteiger partial charge in [0.25, 0.3) is 0 Å². The number of aliphatic hydroxyl groups excluding tert-OH is 1. The lowest BCUT2D eigenvalue weighted by Crippen LogP contribution is -2.22. The van der Waals surface area contributed by atoms with Crippen LogP contribution in [0.4, 0.5) is 5.95 Å². The van der Waals surface area contributed by atoms with Crippen LogP contribution in [0.2, 0.25) is 0 Å². The molecule has 0 saturated carbocycles. The van der Waals surface area contributed by atoms with Gasteiger partial charge in [-0.05, 0) is 38.5 Å². The minimum absolute atomic E-state index is 0.112. The van der Waals surface area contributed by atoms with Crippen molar-refractivity contribution in [2.24, 2.45) is 0 Å². The molecule has 4 rings (SSSR count). The topological polar surface area (TPSA) is 111 Å². The highest BCUT2D eigenvalue weighted by molar-refractivity contribution is 5.66. The number of hydrogen-bond acceptors (Lipinski definition) is 9. The summed E-state index contributed by atoms with van der Waals surface area (Å²) in [6.45, 7) is 5.48. The van der Waals surface area contributed by atoms with Crippen molar-refractivity contribution in [3.63, 3.8) is 0 Å². The molecule has 0 aliphatic rings. The normalized spacial score (nSPS) is 10.9. The second kappa shape index (κ2) is 10.9. The number of ether oxygens (including phenoxy) is 2. The van der Waals surface area contributed by atoms with Gasteiger partial charge < -0.3 is 19.5 Å². The Bertz CT molecular complexity index is 1290. The molecule has 10 nitrogen and oxygen atoms in total. The highest BCUT2D eigenvalue weighted by atomic mass is 16.5. The van der Waals surface area contributed by atoms with Gasteiger partial charge >= 0.3 is 0 Å². The van der Waals surface area contributed by atoms with Gasteiger partial charge in [-0.1, -0.05) is 0 Å². The van der Waals surface area contributed by atoms with Crippen LogP contribution < -0.4 is 14.4 Å². The van der Waals surface area contributed by atoms with Gasteiger partial charge in [-0.15, -0.1) is 0 Å². The van der Waals surface area contributed by atoms with E-state index in [-0.39, 0.29) is 6.61 Å². The Morgan fingerprint density at radius 1 is 1.09 bits per heavy atom. The van der Waals surface area contributed by atoms with Crippen molar-refractivity contribution < 1.29 is 14.6 Å². The van der Waals surface area contributed by atoms with Gasteiger partial charge in [-0.25, -0.2) is 9.97 Å². The van der Waals surface area contributed by atoms with Crippen molar-refractivity contribution in [1.29, 1.82) is 0 Å². The Labute approximate surface area is 204 Å². The van der Waals surface area contributed by atoms with Crippen LogP contribution in [0.5, 0.6) is 17.4 Å². The minimum Gasteiger partial charge on any atom is -0.480 e. The van der Waals surface area contributed by atoms with E-state index in [1.165, 1.54) is 0 Å². The lowest BCUT2D eigenvalue weighted by atomic mass is 10.1. The molecule has 4 heterocycles. The average molecular weight is 476 g/mol. The molecule has 0 atom stereocenters. The van der Waals surface area contributed by atoms with Crippen LogP contribution in [-0.4, -0.2) is 62.1 Å². The van der Waals surface area contributed by atoms with E-state index in [9.17, 15) is 0 Å². The summed E-state index contributed by atoms with van der Waals surface area (Å²) >= 11 is 0. The number of hydrogen-bond donors (Lipinski definition) is 1. The molecule has 0 fully saturated rings. The quantitative estimate of drug-likeness (QED) is 0.366. The maximum atomic E-state index is 9.06. The van der Waals surface area contributed by atoms with Crippen molar-refractivity contribution in [1.82, 2.24) is 29.7 Å². The number of aliphatic hydroxyl groups is 1. The molecule has 182 valence electrons. The molecule has 35 heavy (non-hydrogen) atoms. The first-order valence-corrected chi connectivity index (χ1v) is 11.4. The molecule has 0 aliphatic heterocycles. The predicted octanol–water partition coefficient (Wildman–Crippen LogP) is 3.74. The van der Waals surface area contributed by atoms with Crippen molar-refractivity contribution in [3.05, 3.63) is 54.9 Å². The Balaban J connectivity index is 1.55. The Morgan fingerprint density at radius 3 is 2.66 bits per heavy atom. The lowest BCUT2D eigenvalue weighted by molar-refractivity contribution is 0.290. The zero-order valence-corrected chi connectivity index (χ0v) is 20.3. The third kappa shape index (κ3) is 5.55. The first kappa shape index (κ1) is 24.1. The third-order valence-corrected chi connectivity index (χ3v) is 5.47. The molecule has 10 heteroatoms. The highest BCUT2D eigenvalue weighted by Gasteiger charge is 2.15. The summed E-state index contributed by atoms with van der Waals surface area (Å²) in [4.78, 5) is 19.8. The van der Waals surface area contributed by atoms with Gasteiger partial charge in [-0.2, -0.15) is 10.1 Å². The van der Waals surface area contributed by atoms with E-state index >= 15 is 0 Å². The molecule has 0 spiro atoms. The van der Waals surface area contributed by atoms with Crippen LogP contribution in [0.15, 0.2) is 49.2 Å². The molecular formula is C25H29N7O3. The van der Waals surface area contributed by atoms with E-state index < -0.39 is 0 Å². The summed E-state index contributed by atoms with van der Waals surface area (Å²) < 4.78 is 13.5. The fourth-order valence-corrected chi connectivity index (χ4v) is 3.53. The van der Waals surface area contributed by atoms with Crippen molar-refractivity contribution in [2.75, 3.05) is 32.2 Å². The zero-order chi connectivity index (χ0) is 24.8. The van der Waals surface area contributed by atoms with E-state index in [0.29, 0.717) is 53.2 Å². The van der Waals surface area contributed by atoms with Crippen LogP contribution in [0, 0.1) is 6.92 Å². The van der Waals surface area contributed by atoms with E-state index in [0.717, 1.165) is 17.7 Å². The van der Waals surface area contributed by atoms with Crippen LogP contribution in [0.25, 0.3) is 22.4 Å². The fourth-order valence-electron chi connectivity index (χ4n) is 3.53. The second-order valence-corrected chi connectivity index (χ2v) is 7.97. The Kier molecular flexibility index (Phi) is 7.51. The van der Waals surface area contributed by atoms with Gasteiger partial charge in [0.2, 0.25) is 11.8 Å². The van der Waals surface area contributed by atoms with Gasteiger partial charge in [0, 0.05) is 56.5 Å². The lowest BCUT2D eigenvalue weighted by Gasteiger charge is -2.18. The van der Waals surface area contributed by atoms with E-state index in [2.05, 4.69) is 20.1 Å². The third-order valence-electron chi connectivity index (χ3n) is 5.47. The van der Waals surface area contributed by atoms with E-state index in [1.54, 1.807) is 25.7 Å². The van der Waals surface area contributed by atoms with Gasteiger partial charge in [0.15, 0.2) is 0 Å². The summed E-state index contributed by atoms with van der Waals surface area (Å²) in [5.74, 6) is 2.18. The molecular weight excluding hydrogens is 446 g/mol. The summed E-state index contributed by atoms with van der Waals surface area (Å²) in [7, 11) is 3.44. The number of methoxy groups -OCH3 is 1. The van der Waals surface area contributed by atoms with E-state index in [1.807, 2.05) is 61.1 Å². The van der Waals surface area contributed by atoms with E-state index in [4.69, 9.17) is 19.6 Å². The largest absolute Gasteiger partial charge is 0.480 e. The number of aromatic nitrogens is 6. The molecule has 0 unspecified atom stereocenters. The SMILES string of the molecule is CCn1cc(-c2cncc(Oc3ccc(-c4cnc(N(C)CCCO)nc4OC)nc3C)c2)cn1. The van der Waals surface area contributed by atoms with Crippen molar-refractivity contribution in [2.45, 2.75) is 26.8 Å². The molecule has 4 aromatic heterocycles. The Morgan fingerprint density at radius 2 is 1.94 bits per heavy atom. The van der Waals surface area contributed by atoms with Gasteiger partial charge in [0.05, 0.1) is 36.5 Å². The highest BCUT2D eigenvalue weighted by Crippen LogP contribution is 2.32. The average Bonchev–Trinajstić information content (AvgIpc) is 3.38. The fraction of sp³-hybridized carbons (Fsp3) is 0.320. The standard InChI is InChI=1S/C25H29N7O3/c1-5-32-16-19(13-28-32)18-11-20(14-26-12-18)35-23-8-7-22(29-17(23)2)21-15-27-25(30-24(21)34-4)31(3)9-6-10-33/h7-8,11-16,33H,5-6,9-10H2,1-4H3. The van der Waals surface area contributed by atoms with Crippen molar-refractivity contribution in [3.8, 4) is 39.8 Å². The molecule has 0 saturated heterocycles. The maximum Gasteiger partial charge on any atom is 0.228 e. The molecule has 1 N–H and O–H groups in total. The summed E-state index contributed by atoms with van der Waals surface area (Å²) in [6, 6.07) is 5.64. The molecule has 0 aromatic carbocycles. The number of rotatable bonds is 10. The summed E-state index contributed by atoms with van der Waals surface area (Å²) in [6.07, 6.45) is 9.58. The maximum absolute atomic E-state index is 9.06. The Hall–Kier alpha value is -4.05. The molecule has 0 aliphatic carbocycles. The number of anilines is 1. The predicted molar refractivity (Wildman–Crippen MR) is 133 cm³/mol.